The summed E-state index contributed by atoms with van der Waals surface area (Å²) >= 11 is 0. The molecular formula is C3H7NO2S2. The molecule has 0 aliphatic heterocycles. The van der Waals surface area contributed by atoms with Crippen molar-refractivity contribution in [3.8, 4) is 0 Å². The van der Waals surface area contributed by atoms with E-state index in [-0.39, 0.29) is 0 Å². The molecule has 0 aromatic rings. The van der Waals surface area contributed by atoms with Crippen LogP contribution in [0.4, 0.5) is 4.79 Å². The fourth-order valence-electron chi connectivity index (χ4n) is 0.124. The summed E-state index contributed by atoms with van der Waals surface area (Å²) in [5.74, 6) is 0.908. The van der Waals surface area contributed by atoms with Gasteiger partial charge >= 0.3 is 6.09 Å². The predicted molar refractivity (Wildman–Crippen MR) is 36.9 cm³/mol. The fourth-order valence-corrected chi connectivity index (χ4v) is 1.12. The van der Waals surface area contributed by atoms with E-state index < -0.39 is 6.09 Å². The minimum Gasteiger partial charge on any atom is -0.464 e. The molecule has 3 nitrogen and oxygen atoms in total. The van der Waals surface area contributed by atoms with Gasteiger partial charge in [-0.3, -0.25) is 4.72 Å². The summed E-state index contributed by atoms with van der Waals surface area (Å²) in [7, 11) is 2.59. The van der Waals surface area contributed by atoms with Crippen molar-refractivity contribution >= 4 is 27.9 Å². The first-order chi connectivity index (χ1) is 3.77. The molecule has 0 aromatic heterocycles. The van der Waals surface area contributed by atoms with Crippen LogP contribution >= 0.6 is 21.8 Å². The van der Waals surface area contributed by atoms with Crippen molar-refractivity contribution in [1.82, 2.24) is 4.72 Å². The quantitative estimate of drug-likeness (QED) is 0.367. The summed E-state index contributed by atoms with van der Waals surface area (Å²) in [4.78, 5) is 9.73. The first-order valence-corrected chi connectivity index (χ1v) is 4.36. The maximum absolute atomic E-state index is 9.73. The van der Waals surface area contributed by atoms with E-state index in [9.17, 15) is 4.79 Å². The van der Waals surface area contributed by atoms with E-state index in [1.54, 1.807) is 0 Å². The summed E-state index contributed by atoms with van der Waals surface area (Å²) in [6, 6.07) is 0. The molecule has 0 unspecified atom stereocenters. The van der Waals surface area contributed by atoms with Gasteiger partial charge in [0.2, 0.25) is 0 Å². The number of hydrogen-bond acceptors (Lipinski definition) is 3. The van der Waals surface area contributed by atoms with Crippen LogP contribution < -0.4 is 4.72 Å². The van der Waals surface area contributed by atoms with Gasteiger partial charge in [0.15, 0.2) is 0 Å². The summed E-state index contributed by atoms with van der Waals surface area (Å²) < 4.78 is 2.14. The molecule has 5 heteroatoms. The third-order valence-corrected chi connectivity index (χ3v) is 2.23. The minimum absolute atomic E-state index is 0.908. The maximum Gasteiger partial charge on any atom is 0.415 e. The zero-order chi connectivity index (χ0) is 6.41. The number of carboxylic acid groups (broad SMARTS) is 1. The fraction of sp³-hybridized carbons (Fsp3) is 0.667. The van der Waals surface area contributed by atoms with Gasteiger partial charge in [-0.15, -0.1) is 0 Å². The van der Waals surface area contributed by atoms with Crippen molar-refractivity contribution in [2.45, 2.75) is 6.92 Å². The Morgan fingerprint density at radius 2 is 2.50 bits per heavy atom. The highest BCUT2D eigenvalue weighted by molar-refractivity contribution is 8.76. The molecule has 0 rings (SSSR count). The number of carbonyl (C=O) groups is 1. The number of nitrogens with one attached hydrogen (secondary N) is 1. The van der Waals surface area contributed by atoms with Gasteiger partial charge in [0.1, 0.15) is 0 Å². The lowest BCUT2D eigenvalue weighted by molar-refractivity contribution is 0.202. The first-order valence-electron chi connectivity index (χ1n) is 2.04. The first kappa shape index (κ1) is 7.97. The third-order valence-electron chi connectivity index (χ3n) is 0.306. The van der Waals surface area contributed by atoms with Gasteiger partial charge in [-0.05, 0) is 0 Å². The average Bonchev–Trinajstić information content (AvgIpc) is 1.66. The molecule has 0 radical (unpaired) electrons. The lowest BCUT2D eigenvalue weighted by atomic mass is 11.0. The summed E-state index contributed by atoms with van der Waals surface area (Å²) in [6.07, 6.45) is -0.990. The van der Waals surface area contributed by atoms with E-state index in [1.807, 2.05) is 6.92 Å². The largest absolute Gasteiger partial charge is 0.464 e. The Morgan fingerprint density at radius 1 is 1.88 bits per heavy atom. The van der Waals surface area contributed by atoms with Gasteiger partial charge in [0.05, 0.1) is 0 Å². The van der Waals surface area contributed by atoms with Crippen LogP contribution in [0, 0.1) is 0 Å². The molecule has 0 aliphatic rings. The van der Waals surface area contributed by atoms with Gasteiger partial charge in [0.25, 0.3) is 0 Å². The standard InChI is InChI=1S/C3H7NO2S2/c1-2-7-8-4-3(5)6/h4H,2H2,1H3,(H,5,6). The van der Waals surface area contributed by atoms with Gasteiger partial charge in [-0.2, -0.15) is 0 Å². The van der Waals surface area contributed by atoms with E-state index in [0.717, 1.165) is 16.7 Å². The second-order valence-electron chi connectivity index (χ2n) is 0.897. The molecule has 0 bridgehead atoms. The Bertz CT molecular complexity index is 77.7. The van der Waals surface area contributed by atoms with Gasteiger partial charge in [-0.1, -0.05) is 17.7 Å². The highest BCUT2D eigenvalue weighted by atomic mass is 33.1. The van der Waals surface area contributed by atoms with E-state index in [1.165, 1.54) is 10.8 Å². The van der Waals surface area contributed by atoms with Crippen molar-refractivity contribution in [3.05, 3.63) is 0 Å². The summed E-state index contributed by atoms with van der Waals surface area (Å²) in [6.45, 7) is 1.96. The van der Waals surface area contributed by atoms with Crippen LogP contribution in [0.5, 0.6) is 0 Å². The molecule has 0 aromatic carbocycles. The number of amides is 1. The Morgan fingerprint density at radius 3 is 2.88 bits per heavy atom. The van der Waals surface area contributed by atoms with Crippen LogP contribution in [0.25, 0.3) is 0 Å². The van der Waals surface area contributed by atoms with E-state index in [4.69, 9.17) is 5.11 Å². The second kappa shape index (κ2) is 5.11. The van der Waals surface area contributed by atoms with E-state index in [2.05, 4.69) is 4.72 Å². The number of hydrogen-bond donors (Lipinski definition) is 2. The van der Waals surface area contributed by atoms with Crippen LogP contribution in [0.15, 0.2) is 0 Å². The van der Waals surface area contributed by atoms with Gasteiger partial charge < -0.3 is 5.11 Å². The third kappa shape index (κ3) is 5.97. The predicted octanol–water partition coefficient (Wildman–Crippen LogP) is 1.57. The van der Waals surface area contributed by atoms with Gasteiger partial charge in [0, 0.05) is 16.7 Å². The van der Waals surface area contributed by atoms with Crippen LogP contribution in [-0.4, -0.2) is 17.0 Å². The highest BCUT2D eigenvalue weighted by Gasteiger charge is 1.90. The molecule has 0 saturated carbocycles. The topological polar surface area (TPSA) is 49.3 Å². The van der Waals surface area contributed by atoms with E-state index >= 15 is 0 Å². The smallest absolute Gasteiger partial charge is 0.415 e. The molecular weight excluding hydrogens is 146 g/mol. The summed E-state index contributed by atoms with van der Waals surface area (Å²) in [5, 5.41) is 7.99. The van der Waals surface area contributed by atoms with Crippen LogP contribution in [-0.2, 0) is 0 Å². The molecule has 2 N–H and O–H groups in total. The Hall–Kier alpha value is -0.0300. The zero-order valence-corrected chi connectivity index (χ0v) is 6.01. The van der Waals surface area contributed by atoms with Crippen molar-refractivity contribution < 1.29 is 9.90 Å². The van der Waals surface area contributed by atoms with Crippen LogP contribution in [0.3, 0.4) is 0 Å². The van der Waals surface area contributed by atoms with E-state index in [0.29, 0.717) is 0 Å². The van der Waals surface area contributed by atoms with Crippen molar-refractivity contribution in [1.29, 1.82) is 0 Å². The monoisotopic (exact) mass is 153 g/mol. The van der Waals surface area contributed by atoms with Gasteiger partial charge in [-0.25, -0.2) is 4.79 Å². The van der Waals surface area contributed by atoms with Crippen LogP contribution in [0.2, 0.25) is 0 Å². The molecule has 0 aliphatic carbocycles. The molecule has 1 amide bonds. The number of rotatable bonds is 3. The van der Waals surface area contributed by atoms with Crippen molar-refractivity contribution in [2.75, 3.05) is 5.75 Å². The molecule has 0 heterocycles. The van der Waals surface area contributed by atoms with Crippen LogP contribution in [0.1, 0.15) is 6.92 Å². The molecule has 0 saturated heterocycles. The Labute approximate surface area is 55.8 Å². The molecule has 0 spiro atoms. The lowest BCUT2D eigenvalue weighted by Crippen LogP contribution is -2.09. The lowest BCUT2D eigenvalue weighted by Gasteiger charge is -1.92. The summed E-state index contributed by atoms with van der Waals surface area (Å²) in [5.41, 5.74) is 0. The Kier molecular flexibility index (Phi) is 5.09. The normalized spacial score (nSPS) is 8.62. The minimum atomic E-state index is -0.990. The molecule has 48 valence electrons. The second-order valence-corrected chi connectivity index (χ2v) is 3.29. The molecule has 8 heavy (non-hydrogen) atoms. The SMILES string of the molecule is CCSSNC(=O)O. The highest BCUT2D eigenvalue weighted by Crippen LogP contribution is 2.14. The van der Waals surface area contributed by atoms with Crippen molar-refractivity contribution in [2.24, 2.45) is 0 Å². The molecule has 0 fully saturated rings. The van der Waals surface area contributed by atoms with Crippen molar-refractivity contribution in [3.63, 3.8) is 0 Å². The Balaban J connectivity index is 2.82. The zero-order valence-electron chi connectivity index (χ0n) is 4.38. The maximum atomic E-state index is 9.73. The average molecular weight is 153 g/mol. The molecule has 0 atom stereocenters.